The number of pyridine rings is 1. The van der Waals surface area contributed by atoms with Gasteiger partial charge in [0.05, 0.1) is 5.69 Å². The highest BCUT2D eigenvalue weighted by Crippen LogP contribution is 2.19. The predicted molar refractivity (Wildman–Crippen MR) is 52.5 cm³/mol. The van der Waals surface area contributed by atoms with E-state index in [1.165, 1.54) is 0 Å². The van der Waals surface area contributed by atoms with Gasteiger partial charge in [0.1, 0.15) is 5.69 Å². The minimum Gasteiger partial charge on any atom is -0.364 e. The Balaban J connectivity index is 2.52. The van der Waals surface area contributed by atoms with Gasteiger partial charge in [0.25, 0.3) is 5.91 Å². The molecular weight excluding hydrogens is 178 g/mol. The number of primary amides is 1. The molecule has 0 saturated heterocycles. The Morgan fingerprint density at radius 2 is 2.21 bits per heavy atom. The molecule has 0 radical (unpaired) electrons. The quantitative estimate of drug-likeness (QED) is 0.740. The number of carbonyl (C=O) groups excluding carboxylic acids is 1. The molecule has 0 aromatic carbocycles. The second kappa shape index (κ2) is 3.33. The Hall–Kier alpha value is -2.10. The molecular formula is C10H9N3O. The first-order valence-electron chi connectivity index (χ1n) is 4.17. The molecule has 0 fully saturated rings. The van der Waals surface area contributed by atoms with Crippen molar-refractivity contribution >= 4 is 5.91 Å². The summed E-state index contributed by atoms with van der Waals surface area (Å²) in [4.78, 5) is 17.9. The van der Waals surface area contributed by atoms with Crippen molar-refractivity contribution < 1.29 is 4.79 Å². The zero-order valence-corrected chi connectivity index (χ0v) is 7.40. The lowest BCUT2D eigenvalue weighted by Gasteiger charge is -1.98. The smallest absolute Gasteiger partial charge is 0.265 e. The van der Waals surface area contributed by atoms with Gasteiger partial charge in [-0.25, -0.2) is 0 Å². The Morgan fingerprint density at radius 3 is 2.86 bits per heavy atom. The van der Waals surface area contributed by atoms with Crippen LogP contribution in [0, 0.1) is 0 Å². The molecule has 2 aromatic rings. The van der Waals surface area contributed by atoms with E-state index in [9.17, 15) is 4.79 Å². The van der Waals surface area contributed by atoms with Crippen LogP contribution in [0.25, 0.3) is 11.3 Å². The molecule has 3 N–H and O–H groups in total. The summed E-state index contributed by atoms with van der Waals surface area (Å²) in [5.74, 6) is -0.476. The number of nitrogens with one attached hydrogen (secondary N) is 1. The number of rotatable bonds is 2. The largest absolute Gasteiger partial charge is 0.364 e. The summed E-state index contributed by atoms with van der Waals surface area (Å²) in [6.45, 7) is 0. The number of amides is 1. The van der Waals surface area contributed by atoms with E-state index in [0.717, 1.165) is 11.3 Å². The highest BCUT2D eigenvalue weighted by molar-refractivity contribution is 5.97. The number of aromatic nitrogens is 2. The van der Waals surface area contributed by atoms with Crippen molar-refractivity contribution in [3.05, 3.63) is 42.4 Å². The second-order valence-electron chi connectivity index (χ2n) is 2.85. The Kier molecular flexibility index (Phi) is 2.02. The van der Waals surface area contributed by atoms with Crippen molar-refractivity contribution in [3.8, 4) is 11.3 Å². The van der Waals surface area contributed by atoms with E-state index in [0.29, 0.717) is 5.69 Å². The molecule has 4 heteroatoms. The lowest BCUT2D eigenvalue weighted by Crippen LogP contribution is -2.12. The third-order valence-corrected chi connectivity index (χ3v) is 1.93. The van der Waals surface area contributed by atoms with E-state index in [4.69, 9.17) is 5.73 Å². The van der Waals surface area contributed by atoms with E-state index >= 15 is 0 Å². The molecule has 0 aliphatic carbocycles. The van der Waals surface area contributed by atoms with Gasteiger partial charge in [0.15, 0.2) is 0 Å². The molecule has 70 valence electrons. The summed E-state index contributed by atoms with van der Waals surface area (Å²) in [6.07, 6.45) is 3.34. The predicted octanol–water partition coefficient (Wildman–Crippen LogP) is 1.18. The van der Waals surface area contributed by atoms with Crippen LogP contribution in [0.2, 0.25) is 0 Å². The maximum atomic E-state index is 11.0. The van der Waals surface area contributed by atoms with Crippen LogP contribution in [0.15, 0.2) is 36.7 Å². The Labute approximate surface area is 80.8 Å². The van der Waals surface area contributed by atoms with Crippen LogP contribution in [0.3, 0.4) is 0 Å². The lowest BCUT2D eigenvalue weighted by molar-refractivity contribution is 0.0997. The highest BCUT2D eigenvalue weighted by atomic mass is 16.1. The van der Waals surface area contributed by atoms with Crippen LogP contribution in [0.5, 0.6) is 0 Å². The van der Waals surface area contributed by atoms with Crippen LogP contribution in [0.4, 0.5) is 0 Å². The van der Waals surface area contributed by atoms with Gasteiger partial charge in [-0.15, -0.1) is 0 Å². The molecule has 0 unspecified atom stereocenters. The zero-order chi connectivity index (χ0) is 9.97. The van der Waals surface area contributed by atoms with Gasteiger partial charge in [0.2, 0.25) is 0 Å². The average molecular weight is 187 g/mol. The fraction of sp³-hybridized carbons (Fsp3) is 0. The first kappa shape index (κ1) is 8.50. The Bertz CT molecular complexity index is 447. The van der Waals surface area contributed by atoms with Gasteiger partial charge in [-0.05, 0) is 18.2 Å². The van der Waals surface area contributed by atoms with Crippen LogP contribution in [-0.2, 0) is 0 Å². The fourth-order valence-corrected chi connectivity index (χ4v) is 1.31. The maximum Gasteiger partial charge on any atom is 0.265 e. The summed E-state index contributed by atoms with van der Waals surface area (Å²) < 4.78 is 0. The monoisotopic (exact) mass is 187 g/mol. The number of nitrogens with two attached hydrogens (primary N) is 1. The molecule has 0 aliphatic heterocycles. The van der Waals surface area contributed by atoms with Crippen LogP contribution in [0.1, 0.15) is 10.5 Å². The first-order chi connectivity index (χ1) is 6.79. The van der Waals surface area contributed by atoms with Crippen molar-refractivity contribution in [2.24, 2.45) is 5.73 Å². The van der Waals surface area contributed by atoms with E-state index in [1.54, 1.807) is 18.5 Å². The minimum atomic E-state index is -0.476. The topological polar surface area (TPSA) is 71.8 Å². The van der Waals surface area contributed by atoms with Crippen molar-refractivity contribution in [1.82, 2.24) is 9.97 Å². The number of hydrogen-bond donors (Lipinski definition) is 2. The summed E-state index contributed by atoms with van der Waals surface area (Å²) in [6, 6.07) is 7.29. The number of H-pyrrole nitrogens is 1. The summed E-state index contributed by atoms with van der Waals surface area (Å²) in [5, 5.41) is 0. The maximum absolute atomic E-state index is 11.0. The summed E-state index contributed by atoms with van der Waals surface area (Å²) in [5.41, 5.74) is 7.06. The minimum absolute atomic E-state index is 0.392. The third-order valence-electron chi connectivity index (χ3n) is 1.93. The number of hydrogen-bond acceptors (Lipinski definition) is 2. The van der Waals surface area contributed by atoms with E-state index in [-0.39, 0.29) is 0 Å². The van der Waals surface area contributed by atoms with Gasteiger partial charge in [-0.1, -0.05) is 6.07 Å². The highest BCUT2D eigenvalue weighted by Gasteiger charge is 2.10. The SMILES string of the molecule is NC(=O)c1[nH]ccc1-c1ccccn1. The van der Waals surface area contributed by atoms with Crippen molar-refractivity contribution in [3.63, 3.8) is 0 Å². The molecule has 2 heterocycles. The summed E-state index contributed by atoms with van der Waals surface area (Å²) in [7, 11) is 0. The first-order valence-corrected chi connectivity index (χ1v) is 4.17. The van der Waals surface area contributed by atoms with Gasteiger partial charge in [0, 0.05) is 18.0 Å². The van der Waals surface area contributed by atoms with Crippen molar-refractivity contribution in [1.29, 1.82) is 0 Å². The molecule has 14 heavy (non-hydrogen) atoms. The molecule has 2 aromatic heterocycles. The molecule has 0 spiro atoms. The van der Waals surface area contributed by atoms with E-state index in [2.05, 4.69) is 9.97 Å². The van der Waals surface area contributed by atoms with Gasteiger partial charge in [-0.2, -0.15) is 0 Å². The van der Waals surface area contributed by atoms with Gasteiger partial charge < -0.3 is 10.7 Å². The fourth-order valence-electron chi connectivity index (χ4n) is 1.31. The summed E-state index contributed by atoms with van der Waals surface area (Å²) >= 11 is 0. The molecule has 0 bridgehead atoms. The number of aromatic amines is 1. The van der Waals surface area contributed by atoms with E-state index < -0.39 is 5.91 Å². The second-order valence-corrected chi connectivity index (χ2v) is 2.85. The average Bonchev–Trinajstić information content (AvgIpc) is 2.67. The molecule has 0 atom stereocenters. The standard InChI is InChI=1S/C10H9N3O/c11-10(14)9-7(4-6-13-9)8-3-1-2-5-12-8/h1-6,13H,(H2,11,14). The molecule has 1 amide bonds. The van der Waals surface area contributed by atoms with Crippen LogP contribution >= 0.6 is 0 Å². The van der Waals surface area contributed by atoms with E-state index in [1.807, 2.05) is 18.2 Å². The molecule has 2 rings (SSSR count). The number of carbonyl (C=O) groups is 1. The lowest BCUT2D eigenvalue weighted by atomic mass is 10.1. The Morgan fingerprint density at radius 1 is 1.36 bits per heavy atom. The molecule has 0 aliphatic rings. The van der Waals surface area contributed by atoms with Crippen LogP contribution in [-0.4, -0.2) is 15.9 Å². The van der Waals surface area contributed by atoms with Crippen LogP contribution < -0.4 is 5.73 Å². The molecule has 0 saturated carbocycles. The molecule has 4 nitrogen and oxygen atoms in total. The van der Waals surface area contributed by atoms with Gasteiger partial charge >= 0.3 is 0 Å². The van der Waals surface area contributed by atoms with Gasteiger partial charge in [-0.3, -0.25) is 9.78 Å². The van der Waals surface area contributed by atoms with Crippen molar-refractivity contribution in [2.45, 2.75) is 0 Å². The number of nitrogens with zero attached hydrogens (tertiary/aromatic N) is 1. The van der Waals surface area contributed by atoms with Crippen molar-refractivity contribution in [2.75, 3.05) is 0 Å². The zero-order valence-electron chi connectivity index (χ0n) is 7.40. The third kappa shape index (κ3) is 1.37. The normalized spacial score (nSPS) is 10.0.